The van der Waals surface area contributed by atoms with Crippen molar-refractivity contribution >= 4 is 6.29 Å². The number of carbonyl (C=O) groups is 1. The third-order valence-corrected chi connectivity index (χ3v) is 4.69. The maximum atomic E-state index is 13.7. The number of aromatic nitrogens is 2. The number of hydrogen-bond donors (Lipinski definition) is 0. The highest BCUT2D eigenvalue weighted by atomic mass is 19.1. The van der Waals surface area contributed by atoms with Crippen molar-refractivity contribution in [1.29, 1.82) is 0 Å². The van der Waals surface area contributed by atoms with Crippen molar-refractivity contribution in [3.05, 3.63) is 77.6 Å². The van der Waals surface area contributed by atoms with Crippen LogP contribution in [0.2, 0.25) is 0 Å². The third kappa shape index (κ3) is 3.52. The quantitative estimate of drug-likeness (QED) is 0.432. The molecule has 1 heterocycles. The zero-order valence-corrected chi connectivity index (χ0v) is 15.8. The summed E-state index contributed by atoms with van der Waals surface area (Å²) < 4.78 is 24.3. The Morgan fingerprint density at radius 1 is 1.00 bits per heavy atom. The maximum Gasteiger partial charge on any atom is 0.258 e. The van der Waals surface area contributed by atoms with Crippen molar-refractivity contribution < 1.29 is 18.4 Å². The normalized spacial score (nSPS) is 10.7. The number of carbonyl (C=O) groups excluding carboxylic acids is 1. The van der Waals surface area contributed by atoms with E-state index >= 15 is 0 Å². The first kappa shape index (κ1) is 18.6. The van der Waals surface area contributed by atoms with Crippen LogP contribution in [0.4, 0.5) is 4.39 Å². The van der Waals surface area contributed by atoms with Crippen LogP contribution in [0.5, 0.6) is 5.75 Å². The number of aryl methyl sites for hydroxylation is 1. The zero-order chi connectivity index (χ0) is 20.4. The van der Waals surface area contributed by atoms with Gasteiger partial charge in [-0.2, -0.15) is 4.98 Å². The summed E-state index contributed by atoms with van der Waals surface area (Å²) in [6.45, 7) is 1.99. The van der Waals surface area contributed by atoms with Gasteiger partial charge >= 0.3 is 0 Å². The van der Waals surface area contributed by atoms with Crippen LogP contribution < -0.4 is 4.74 Å². The molecule has 0 unspecified atom stereocenters. The largest absolute Gasteiger partial charge is 0.496 e. The van der Waals surface area contributed by atoms with E-state index in [-0.39, 0.29) is 11.7 Å². The molecule has 6 heteroatoms. The summed E-state index contributed by atoms with van der Waals surface area (Å²) in [4.78, 5) is 16.1. The van der Waals surface area contributed by atoms with Crippen LogP contribution in [0, 0.1) is 12.7 Å². The molecule has 0 amide bonds. The van der Waals surface area contributed by atoms with Crippen LogP contribution in [0.25, 0.3) is 34.0 Å². The second-order valence-corrected chi connectivity index (χ2v) is 6.50. The van der Waals surface area contributed by atoms with E-state index in [0.29, 0.717) is 22.4 Å². The molecule has 0 spiro atoms. The molecule has 0 fully saturated rings. The second kappa shape index (κ2) is 7.67. The van der Waals surface area contributed by atoms with Gasteiger partial charge in [-0.05, 0) is 53.9 Å². The lowest BCUT2D eigenvalue weighted by Crippen LogP contribution is -1.92. The van der Waals surface area contributed by atoms with Crippen LogP contribution >= 0.6 is 0 Å². The highest BCUT2D eigenvalue weighted by Crippen LogP contribution is 2.32. The standard InChI is InChI=1S/C23H17FN2O3/c1-14-5-3-4-6-18(14)19-9-7-15(11-16(19)13-27)23-25-22(26-29-23)20-12-17(24)8-10-21(20)28-2/h3-13H,1-2H3. The fraction of sp³-hybridized carbons (Fsp3) is 0.0870. The molecule has 29 heavy (non-hydrogen) atoms. The Labute approximate surface area is 166 Å². The van der Waals surface area contributed by atoms with E-state index < -0.39 is 5.82 Å². The molecular formula is C23H17FN2O3. The van der Waals surface area contributed by atoms with Gasteiger partial charge in [0.2, 0.25) is 5.82 Å². The maximum absolute atomic E-state index is 13.7. The molecule has 0 saturated heterocycles. The molecule has 0 N–H and O–H groups in total. The molecule has 1 aromatic heterocycles. The Morgan fingerprint density at radius 2 is 1.83 bits per heavy atom. The minimum atomic E-state index is -0.432. The van der Waals surface area contributed by atoms with Gasteiger partial charge in [0, 0.05) is 11.1 Å². The molecule has 0 aliphatic heterocycles. The average molecular weight is 388 g/mol. The summed E-state index contributed by atoms with van der Waals surface area (Å²) in [5.74, 6) is 0.429. The van der Waals surface area contributed by atoms with Crippen molar-refractivity contribution in [2.75, 3.05) is 7.11 Å². The smallest absolute Gasteiger partial charge is 0.258 e. The number of halogens is 1. The minimum absolute atomic E-state index is 0.201. The Kier molecular flexibility index (Phi) is 4.91. The van der Waals surface area contributed by atoms with E-state index in [1.54, 1.807) is 6.07 Å². The van der Waals surface area contributed by atoms with E-state index in [0.717, 1.165) is 23.0 Å². The molecule has 0 atom stereocenters. The number of benzene rings is 3. The molecule has 3 aromatic carbocycles. The van der Waals surface area contributed by atoms with E-state index in [4.69, 9.17) is 9.26 Å². The summed E-state index contributed by atoms with van der Waals surface area (Å²) in [5.41, 5.74) is 4.37. The molecule has 5 nitrogen and oxygen atoms in total. The van der Waals surface area contributed by atoms with Gasteiger partial charge in [-0.15, -0.1) is 0 Å². The first-order valence-electron chi connectivity index (χ1n) is 8.94. The van der Waals surface area contributed by atoms with Crippen molar-refractivity contribution in [2.45, 2.75) is 6.92 Å². The summed E-state index contributed by atoms with van der Waals surface area (Å²) in [6, 6.07) is 17.3. The van der Waals surface area contributed by atoms with Gasteiger partial charge in [-0.25, -0.2) is 4.39 Å². The van der Waals surface area contributed by atoms with Crippen LogP contribution in [0.3, 0.4) is 0 Å². The number of methoxy groups -OCH3 is 1. The fourth-order valence-corrected chi connectivity index (χ4v) is 3.22. The predicted octanol–water partition coefficient (Wildman–Crippen LogP) is 5.34. The Morgan fingerprint density at radius 3 is 2.59 bits per heavy atom. The van der Waals surface area contributed by atoms with Crippen molar-refractivity contribution in [2.24, 2.45) is 0 Å². The minimum Gasteiger partial charge on any atom is -0.496 e. The molecule has 0 bridgehead atoms. The highest BCUT2D eigenvalue weighted by molar-refractivity contribution is 5.90. The van der Waals surface area contributed by atoms with E-state index in [1.807, 2.05) is 43.3 Å². The first-order chi connectivity index (χ1) is 14.1. The van der Waals surface area contributed by atoms with Crippen LogP contribution in [-0.2, 0) is 0 Å². The van der Waals surface area contributed by atoms with Crippen LogP contribution in [0.15, 0.2) is 65.2 Å². The van der Waals surface area contributed by atoms with Gasteiger partial charge < -0.3 is 9.26 Å². The average Bonchev–Trinajstić information content (AvgIpc) is 3.24. The summed E-state index contributed by atoms with van der Waals surface area (Å²) in [6.07, 6.45) is 0.804. The lowest BCUT2D eigenvalue weighted by atomic mass is 9.95. The molecule has 0 radical (unpaired) electrons. The number of aldehydes is 1. The van der Waals surface area contributed by atoms with E-state index in [1.165, 1.54) is 25.3 Å². The van der Waals surface area contributed by atoms with Gasteiger partial charge in [0.25, 0.3) is 5.89 Å². The second-order valence-electron chi connectivity index (χ2n) is 6.50. The van der Waals surface area contributed by atoms with E-state index in [9.17, 15) is 9.18 Å². The molecule has 4 rings (SSSR count). The number of nitrogens with zero attached hydrogens (tertiary/aromatic N) is 2. The number of hydrogen-bond acceptors (Lipinski definition) is 5. The van der Waals surface area contributed by atoms with Crippen molar-refractivity contribution in [1.82, 2.24) is 10.1 Å². The molecule has 0 aliphatic rings. The molecular weight excluding hydrogens is 371 g/mol. The highest BCUT2D eigenvalue weighted by Gasteiger charge is 2.17. The van der Waals surface area contributed by atoms with Gasteiger partial charge in [-0.3, -0.25) is 4.79 Å². The van der Waals surface area contributed by atoms with Crippen LogP contribution in [-0.4, -0.2) is 23.5 Å². The van der Waals surface area contributed by atoms with Gasteiger partial charge in [0.05, 0.1) is 12.7 Å². The Hall–Kier alpha value is -3.80. The SMILES string of the molecule is COc1ccc(F)cc1-c1noc(-c2ccc(-c3ccccc3C)c(C=O)c2)n1. The fourth-order valence-electron chi connectivity index (χ4n) is 3.22. The molecule has 4 aromatic rings. The van der Waals surface area contributed by atoms with Gasteiger partial charge in [-0.1, -0.05) is 35.5 Å². The predicted molar refractivity (Wildman–Crippen MR) is 107 cm³/mol. The summed E-state index contributed by atoms with van der Waals surface area (Å²) in [7, 11) is 1.48. The lowest BCUT2D eigenvalue weighted by molar-refractivity contribution is 0.112. The van der Waals surface area contributed by atoms with E-state index in [2.05, 4.69) is 10.1 Å². The monoisotopic (exact) mass is 388 g/mol. The third-order valence-electron chi connectivity index (χ3n) is 4.69. The topological polar surface area (TPSA) is 65.2 Å². The number of ether oxygens (including phenoxy) is 1. The zero-order valence-electron chi connectivity index (χ0n) is 15.8. The van der Waals surface area contributed by atoms with Crippen molar-refractivity contribution in [3.8, 4) is 39.7 Å². The van der Waals surface area contributed by atoms with Gasteiger partial charge in [0.1, 0.15) is 11.6 Å². The first-order valence-corrected chi connectivity index (χ1v) is 8.94. The molecule has 0 aliphatic carbocycles. The Bertz CT molecular complexity index is 1200. The summed E-state index contributed by atoms with van der Waals surface area (Å²) in [5, 5.41) is 3.94. The molecule has 0 saturated carbocycles. The lowest BCUT2D eigenvalue weighted by Gasteiger charge is -2.09. The Balaban J connectivity index is 1.75. The summed E-state index contributed by atoms with van der Waals surface area (Å²) >= 11 is 0. The molecule has 144 valence electrons. The van der Waals surface area contributed by atoms with Crippen molar-refractivity contribution in [3.63, 3.8) is 0 Å². The van der Waals surface area contributed by atoms with Crippen LogP contribution in [0.1, 0.15) is 15.9 Å². The number of rotatable bonds is 5. The van der Waals surface area contributed by atoms with Gasteiger partial charge in [0.15, 0.2) is 6.29 Å².